The summed E-state index contributed by atoms with van der Waals surface area (Å²) in [4.78, 5) is 13.0. The third-order valence-corrected chi connectivity index (χ3v) is 2.73. The lowest BCUT2D eigenvalue weighted by Crippen LogP contribution is -2.55. The van der Waals surface area contributed by atoms with E-state index in [-0.39, 0.29) is 30.4 Å². The second kappa shape index (κ2) is 5.07. The van der Waals surface area contributed by atoms with Crippen LogP contribution in [-0.4, -0.2) is 42.4 Å². The van der Waals surface area contributed by atoms with E-state index in [9.17, 15) is 13.6 Å². The first-order valence-corrected chi connectivity index (χ1v) is 5.00. The lowest BCUT2D eigenvalue weighted by molar-refractivity contribution is -0.137. The van der Waals surface area contributed by atoms with Gasteiger partial charge in [0.2, 0.25) is 5.91 Å². The molecule has 0 radical (unpaired) electrons. The van der Waals surface area contributed by atoms with Gasteiger partial charge in [-0.15, -0.1) is 12.4 Å². The van der Waals surface area contributed by atoms with Gasteiger partial charge in [0.1, 0.15) is 0 Å². The predicted molar refractivity (Wildman–Crippen MR) is 54.4 cm³/mol. The van der Waals surface area contributed by atoms with Gasteiger partial charge in [0.25, 0.3) is 6.43 Å². The number of nitrogens with zero attached hydrogens (tertiary/aromatic N) is 1. The molecule has 0 spiro atoms. The van der Waals surface area contributed by atoms with Crippen LogP contribution in [-0.2, 0) is 4.79 Å². The number of rotatable bonds is 4. The van der Waals surface area contributed by atoms with Crippen LogP contribution in [0, 0.1) is 0 Å². The zero-order valence-electron chi connectivity index (χ0n) is 8.29. The Morgan fingerprint density at radius 3 is 2.33 bits per heavy atom. The number of carbonyl (C=O) groups is 1. The molecule has 0 aromatic heterocycles. The Hall–Kier alpha value is -0.420. The maximum absolute atomic E-state index is 12.2. The molecular weight excluding hydrogens is 226 g/mol. The molecule has 2 fully saturated rings. The van der Waals surface area contributed by atoms with Crippen LogP contribution in [0.4, 0.5) is 8.78 Å². The molecule has 1 saturated heterocycles. The van der Waals surface area contributed by atoms with Crippen molar-refractivity contribution in [1.29, 1.82) is 0 Å². The molecule has 15 heavy (non-hydrogen) atoms. The lowest BCUT2D eigenvalue weighted by atomic mass is 10.1. The molecule has 1 aliphatic carbocycles. The van der Waals surface area contributed by atoms with Crippen molar-refractivity contribution in [1.82, 2.24) is 10.2 Å². The minimum absolute atomic E-state index is 0. The molecule has 1 heterocycles. The molecule has 0 unspecified atom stereocenters. The number of hydrogen-bond acceptors (Lipinski definition) is 2. The Bertz CT molecular complexity index is 232. The Morgan fingerprint density at radius 1 is 1.40 bits per heavy atom. The van der Waals surface area contributed by atoms with Crippen molar-refractivity contribution in [3.05, 3.63) is 0 Å². The van der Waals surface area contributed by atoms with E-state index >= 15 is 0 Å². The van der Waals surface area contributed by atoms with Crippen molar-refractivity contribution >= 4 is 18.3 Å². The molecule has 1 amide bonds. The smallest absolute Gasteiger partial charge is 0.255 e. The molecule has 0 aromatic rings. The molecule has 3 nitrogen and oxygen atoms in total. The third kappa shape index (κ3) is 3.01. The zero-order chi connectivity index (χ0) is 10.1. The van der Waals surface area contributed by atoms with Gasteiger partial charge in [0.15, 0.2) is 0 Å². The minimum atomic E-state index is -2.42. The maximum Gasteiger partial charge on any atom is 0.255 e. The van der Waals surface area contributed by atoms with E-state index in [1.165, 1.54) is 4.90 Å². The summed E-state index contributed by atoms with van der Waals surface area (Å²) in [5.74, 6) is -0.140. The molecule has 1 atom stereocenters. The Kier molecular flexibility index (Phi) is 4.28. The van der Waals surface area contributed by atoms with Gasteiger partial charge in [-0.1, -0.05) is 0 Å². The molecular formula is C9H15ClF2N2O. The standard InChI is InChI=1S/C9H14F2N2O.ClH/c10-8(11)5-13(6-1-2-6)9(14)7-3-4-12-7;/h6-8,12H,1-5H2;1H/t7-;/m1./s1. The summed E-state index contributed by atoms with van der Waals surface area (Å²) in [7, 11) is 0. The molecule has 1 aliphatic heterocycles. The first-order chi connectivity index (χ1) is 6.68. The second-order valence-corrected chi connectivity index (χ2v) is 3.91. The fourth-order valence-electron chi connectivity index (χ4n) is 1.65. The summed E-state index contributed by atoms with van der Waals surface area (Å²) < 4.78 is 24.4. The summed E-state index contributed by atoms with van der Waals surface area (Å²) in [5.41, 5.74) is 0. The van der Waals surface area contributed by atoms with E-state index in [2.05, 4.69) is 5.32 Å². The topological polar surface area (TPSA) is 32.3 Å². The van der Waals surface area contributed by atoms with Crippen molar-refractivity contribution in [3.8, 4) is 0 Å². The average Bonchev–Trinajstić information content (AvgIpc) is 2.78. The maximum atomic E-state index is 12.2. The van der Waals surface area contributed by atoms with E-state index in [0.29, 0.717) is 0 Å². The van der Waals surface area contributed by atoms with Crippen LogP contribution in [0.2, 0.25) is 0 Å². The van der Waals surface area contributed by atoms with Crippen LogP contribution in [0.3, 0.4) is 0 Å². The van der Waals surface area contributed by atoms with Crippen LogP contribution < -0.4 is 5.32 Å². The van der Waals surface area contributed by atoms with Crippen LogP contribution >= 0.6 is 12.4 Å². The van der Waals surface area contributed by atoms with Gasteiger partial charge in [-0.3, -0.25) is 4.79 Å². The second-order valence-electron chi connectivity index (χ2n) is 3.91. The molecule has 0 bridgehead atoms. The van der Waals surface area contributed by atoms with Gasteiger partial charge in [0, 0.05) is 6.04 Å². The van der Waals surface area contributed by atoms with Crippen molar-refractivity contribution in [3.63, 3.8) is 0 Å². The number of halogens is 3. The number of hydrogen-bond donors (Lipinski definition) is 1. The van der Waals surface area contributed by atoms with Gasteiger partial charge in [0.05, 0.1) is 12.6 Å². The first kappa shape index (κ1) is 12.6. The number of nitrogens with one attached hydrogen (secondary N) is 1. The van der Waals surface area contributed by atoms with Gasteiger partial charge in [-0.05, 0) is 25.8 Å². The normalized spacial score (nSPS) is 24.3. The molecule has 1 N–H and O–H groups in total. The lowest BCUT2D eigenvalue weighted by Gasteiger charge is -2.32. The SMILES string of the molecule is Cl.O=C([C@H]1CCN1)N(CC(F)F)C1CC1. The summed E-state index contributed by atoms with van der Waals surface area (Å²) in [6.07, 6.45) is 0.126. The molecule has 88 valence electrons. The van der Waals surface area contributed by atoms with Crippen LogP contribution in [0.5, 0.6) is 0 Å². The summed E-state index contributed by atoms with van der Waals surface area (Å²) >= 11 is 0. The summed E-state index contributed by atoms with van der Waals surface area (Å²) in [6, 6.07) is -0.117. The quantitative estimate of drug-likeness (QED) is 0.796. The van der Waals surface area contributed by atoms with Crippen molar-refractivity contribution in [2.75, 3.05) is 13.1 Å². The summed E-state index contributed by atoms with van der Waals surface area (Å²) in [6.45, 7) is 0.422. The number of carbonyl (C=O) groups excluding carboxylic acids is 1. The van der Waals surface area contributed by atoms with E-state index < -0.39 is 13.0 Å². The van der Waals surface area contributed by atoms with Gasteiger partial charge < -0.3 is 10.2 Å². The summed E-state index contributed by atoms with van der Waals surface area (Å²) in [5, 5.41) is 2.95. The first-order valence-electron chi connectivity index (χ1n) is 5.00. The number of amides is 1. The average molecular weight is 241 g/mol. The molecule has 1 saturated carbocycles. The van der Waals surface area contributed by atoms with Gasteiger partial charge >= 0.3 is 0 Å². The van der Waals surface area contributed by atoms with Crippen LogP contribution in [0.1, 0.15) is 19.3 Å². The van der Waals surface area contributed by atoms with E-state index in [4.69, 9.17) is 0 Å². The van der Waals surface area contributed by atoms with E-state index in [1.54, 1.807) is 0 Å². The highest BCUT2D eigenvalue weighted by Crippen LogP contribution is 2.28. The molecule has 0 aromatic carbocycles. The Morgan fingerprint density at radius 2 is 2.00 bits per heavy atom. The third-order valence-electron chi connectivity index (χ3n) is 2.73. The van der Waals surface area contributed by atoms with Gasteiger partial charge in [-0.25, -0.2) is 8.78 Å². The van der Waals surface area contributed by atoms with Crippen molar-refractivity contribution < 1.29 is 13.6 Å². The van der Waals surface area contributed by atoms with E-state index in [0.717, 1.165) is 25.8 Å². The zero-order valence-corrected chi connectivity index (χ0v) is 9.10. The van der Waals surface area contributed by atoms with Gasteiger partial charge in [-0.2, -0.15) is 0 Å². The highest BCUT2D eigenvalue weighted by Gasteiger charge is 2.38. The van der Waals surface area contributed by atoms with Crippen molar-refractivity contribution in [2.24, 2.45) is 0 Å². The Labute approximate surface area is 93.6 Å². The minimum Gasteiger partial charge on any atom is -0.333 e. The van der Waals surface area contributed by atoms with Crippen LogP contribution in [0.25, 0.3) is 0 Å². The molecule has 2 aliphatic rings. The monoisotopic (exact) mass is 240 g/mol. The van der Waals surface area contributed by atoms with Crippen molar-refractivity contribution in [2.45, 2.75) is 37.8 Å². The molecule has 6 heteroatoms. The predicted octanol–water partition coefficient (Wildman–Crippen LogP) is 1.03. The molecule has 2 rings (SSSR count). The van der Waals surface area contributed by atoms with E-state index in [1.807, 2.05) is 0 Å². The fourth-order valence-corrected chi connectivity index (χ4v) is 1.65. The highest BCUT2D eigenvalue weighted by molar-refractivity contribution is 5.85. The number of alkyl halides is 2. The highest BCUT2D eigenvalue weighted by atomic mass is 35.5. The fraction of sp³-hybridized carbons (Fsp3) is 0.889. The Balaban J connectivity index is 0.00000112. The largest absolute Gasteiger partial charge is 0.333 e. The van der Waals surface area contributed by atoms with Crippen LogP contribution in [0.15, 0.2) is 0 Å².